The third-order valence-electron chi connectivity index (χ3n) is 1.11. The normalized spacial score (nSPS) is 10.2. The average Bonchev–Trinajstić information content (AvgIpc) is 1.91. The SMILES string of the molecule is CS(=O)(=O)Oc1ccccc1O.[Na]. The van der Waals surface area contributed by atoms with Gasteiger partial charge in [0.25, 0.3) is 0 Å². The Hall–Kier alpha value is -0.230. The van der Waals surface area contributed by atoms with Gasteiger partial charge in [-0.15, -0.1) is 0 Å². The van der Waals surface area contributed by atoms with Crippen LogP contribution in [-0.2, 0) is 10.1 Å². The van der Waals surface area contributed by atoms with Crippen LogP contribution in [0.2, 0.25) is 0 Å². The van der Waals surface area contributed by atoms with E-state index in [9.17, 15) is 8.42 Å². The standard InChI is InChI=1S/C7H8O4S.Na/c1-12(9,10)11-7-5-3-2-4-6(7)8;/h2-5,8H,1H3;. The van der Waals surface area contributed by atoms with Crippen molar-refractivity contribution in [2.24, 2.45) is 0 Å². The van der Waals surface area contributed by atoms with Gasteiger partial charge in [0.05, 0.1) is 6.26 Å². The number of hydrogen-bond donors (Lipinski definition) is 1. The molecular formula is C7H8NaO4S. The Bertz CT molecular complexity index is 374. The molecule has 6 heteroatoms. The van der Waals surface area contributed by atoms with Gasteiger partial charge in [-0.25, -0.2) is 0 Å². The van der Waals surface area contributed by atoms with Crippen molar-refractivity contribution in [2.75, 3.05) is 6.26 Å². The molecule has 1 rings (SSSR count). The van der Waals surface area contributed by atoms with E-state index in [-0.39, 0.29) is 41.1 Å². The van der Waals surface area contributed by atoms with E-state index in [0.29, 0.717) is 0 Å². The zero-order valence-corrected chi connectivity index (χ0v) is 10.2. The summed E-state index contributed by atoms with van der Waals surface area (Å²) in [4.78, 5) is 0. The van der Waals surface area contributed by atoms with Crippen molar-refractivity contribution in [1.29, 1.82) is 0 Å². The van der Waals surface area contributed by atoms with Crippen molar-refractivity contribution < 1.29 is 17.7 Å². The van der Waals surface area contributed by atoms with E-state index in [1.165, 1.54) is 12.1 Å². The first-order valence-corrected chi connectivity index (χ1v) is 4.98. The molecule has 0 saturated carbocycles. The molecule has 1 aromatic rings. The van der Waals surface area contributed by atoms with Crippen molar-refractivity contribution in [3.05, 3.63) is 24.3 Å². The summed E-state index contributed by atoms with van der Waals surface area (Å²) < 4.78 is 25.7. The third-order valence-corrected chi connectivity index (χ3v) is 1.59. The molecule has 0 aromatic heterocycles. The molecular weight excluding hydrogens is 203 g/mol. The van der Waals surface area contributed by atoms with Crippen LogP contribution in [0.1, 0.15) is 0 Å². The number of benzene rings is 1. The Labute approximate surface area is 99.0 Å². The van der Waals surface area contributed by atoms with E-state index in [1.807, 2.05) is 0 Å². The van der Waals surface area contributed by atoms with Crippen molar-refractivity contribution in [2.45, 2.75) is 0 Å². The molecule has 0 bridgehead atoms. The van der Waals surface area contributed by atoms with Crippen LogP contribution < -0.4 is 4.18 Å². The van der Waals surface area contributed by atoms with E-state index >= 15 is 0 Å². The first-order valence-electron chi connectivity index (χ1n) is 3.16. The number of aromatic hydroxyl groups is 1. The molecule has 1 N–H and O–H groups in total. The summed E-state index contributed by atoms with van der Waals surface area (Å²) in [6.45, 7) is 0. The topological polar surface area (TPSA) is 63.6 Å². The van der Waals surface area contributed by atoms with Crippen molar-refractivity contribution >= 4 is 39.7 Å². The molecule has 0 atom stereocenters. The van der Waals surface area contributed by atoms with E-state index in [4.69, 9.17) is 5.11 Å². The van der Waals surface area contributed by atoms with Crippen LogP contribution in [0.15, 0.2) is 24.3 Å². The molecule has 0 aliphatic heterocycles. The number of rotatable bonds is 2. The molecule has 0 aliphatic carbocycles. The Balaban J connectivity index is 0.00000144. The first-order chi connectivity index (χ1) is 5.49. The molecule has 4 nitrogen and oxygen atoms in total. The van der Waals surface area contributed by atoms with Crippen molar-refractivity contribution in [1.82, 2.24) is 0 Å². The van der Waals surface area contributed by atoms with Crippen LogP contribution in [-0.4, -0.2) is 49.3 Å². The van der Waals surface area contributed by atoms with Gasteiger partial charge in [-0.05, 0) is 12.1 Å². The molecule has 13 heavy (non-hydrogen) atoms. The molecule has 1 radical (unpaired) electrons. The van der Waals surface area contributed by atoms with Gasteiger partial charge in [0.1, 0.15) is 0 Å². The second kappa shape index (κ2) is 4.85. The largest absolute Gasteiger partial charge is 0.504 e. The third kappa shape index (κ3) is 4.52. The van der Waals surface area contributed by atoms with Crippen molar-refractivity contribution in [3.63, 3.8) is 0 Å². The van der Waals surface area contributed by atoms with Gasteiger partial charge in [-0.3, -0.25) is 0 Å². The first kappa shape index (κ1) is 12.8. The fourth-order valence-electron chi connectivity index (χ4n) is 0.691. The summed E-state index contributed by atoms with van der Waals surface area (Å²) >= 11 is 0. The average molecular weight is 211 g/mol. The van der Waals surface area contributed by atoms with Crippen LogP contribution >= 0.6 is 0 Å². The maximum absolute atomic E-state index is 10.6. The molecule has 67 valence electrons. The van der Waals surface area contributed by atoms with E-state index in [2.05, 4.69) is 4.18 Å². The molecule has 0 unspecified atom stereocenters. The predicted molar refractivity (Wildman–Crippen MR) is 49.3 cm³/mol. The van der Waals surface area contributed by atoms with E-state index in [0.717, 1.165) is 6.26 Å². The maximum atomic E-state index is 10.6. The summed E-state index contributed by atoms with van der Waals surface area (Å²) in [6.07, 6.45) is 0.916. The zero-order chi connectivity index (χ0) is 9.19. The molecule has 0 spiro atoms. The van der Waals surface area contributed by atoms with Crippen LogP contribution in [0.4, 0.5) is 0 Å². The minimum absolute atomic E-state index is 0. The Kier molecular flexibility index (Phi) is 4.77. The van der Waals surface area contributed by atoms with Crippen LogP contribution in [0.3, 0.4) is 0 Å². The second-order valence-electron chi connectivity index (χ2n) is 2.26. The second-order valence-corrected chi connectivity index (χ2v) is 3.83. The smallest absolute Gasteiger partial charge is 0.306 e. The Morgan fingerprint density at radius 2 is 1.85 bits per heavy atom. The summed E-state index contributed by atoms with van der Waals surface area (Å²) in [5.74, 6) is -0.247. The van der Waals surface area contributed by atoms with Gasteiger partial charge in [0.2, 0.25) is 0 Å². The maximum Gasteiger partial charge on any atom is 0.306 e. The van der Waals surface area contributed by atoms with Crippen LogP contribution in [0.25, 0.3) is 0 Å². The number of para-hydroxylation sites is 2. The summed E-state index contributed by atoms with van der Waals surface area (Å²) in [6, 6.07) is 5.86. The van der Waals surface area contributed by atoms with Gasteiger partial charge in [-0.2, -0.15) is 8.42 Å². The summed E-state index contributed by atoms with van der Waals surface area (Å²) in [5.41, 5.74) is 0. The molecule has 0 fully saturated rings. The fraction of sp³-hybridized carbons (Fsp3) is 0.143. The molecule has 0 saturated heterocycles. The summed E-state index contributed by atoms with van der Waals surface area (Å²) in [5, 5.41) is 9.08. The number of hydrogen-bond acceptors (Lipinski definition) is 4. The van der Waals surface area contributed by atoms with E-state index < -0.39 is 10.1 Å². The number of phenolic OH excluding ortho intramolecular Hbond substituents is 1. The van der Waals surface area contributed by atoms with Gasteiger partial charge < -0.3 is 9.29 Å². The van der Waals surface area contributed by atoms with Gasteiger partial charge >= 0.3 is 10.1 Å². The Morgan fingerprint density at radius 1 is 1.31 bits per heavy atom. The number of phenols is 1. The quantitative estimate of drug-likeness (QED) is 0.566. The van der Waals surface area contributed by atoms with Gasteiger partial charge in [0.15, 0.2) is 11.5 Å². The van der Waals surface area contributed by atoms with Crippen molar-refractivity contribution in [3.8, 4) is 11.5 Å². The fourth-order valence-corrected chi connectivity index (χ4v) is 1.16. The predicted octanol–water partition coefficient (Wildman–Crippen LogP) is 0.350. The molecule has 0 aliphatic rings. The minimum Gasteiger partial charge on any atom is -0.504 e. The van der Waals surface area contributed by atoms with Gasteiger partial charge in [0, 0.05) is 29.6 Å². The van der Waals surface area contributed by atoms with Crippen LogP contribution in [0.5, 0.6) is 11.5 Å². The molecule has 1 aromatic carbocycles. The summed E-state index contributed by atoms with van der Waals surface area (Å²) in [7, 11) is -3.56. The molecule has 0 amide bonds. The van der Waals surface area contributed by atoms with Crippen LogP contribution in [0, 0.1) is 0 Å². The minimum atomic E-state index is -3.56. The monoisotopic (exact) mass is 211 g/mol. The van der Waals surface area contributed by atoms with E-state index in [1.54, 1.807) is 12.1 Å². The Morgan fingerprint density at radius 3 is 2.31 bits per heavy atom. The molecule has 0 heterocycles. The van der Waals surface area contributed by atoms with Gasteiger partial charge in [-0.1, -0.05) is 12.1 Å². The zero-order valence-electron chi connectivity index (χ0n) is 7.39.